The highest BCUT2D eigenvalue weighted by Gasteiger charge is 2.22. The van der Waals surface area contributed by atoms with E-state index in [1.54, 1.807) is 0 Å². The van der Waals surface area contributed by atoms with Crippen LogP contribution in [-0.4, -0.2) is 16.0 Å². The molecule has 3 rings (SSSR count). The van der Waals surface area contributed by atoms with Crippen LogP contribution in [0.25, 0.3) is 0 Å². The molecule has 1 aliphatic carbocycles. The van der Waals surface area contributed by atoms with E-state index in [2.05, 4.69) is 45.6 Å². The maximum absolute atomic E-state index is 4.42. The van der Waals surface area contributed by atoms with E-state index < -0.39 is 0 Å². The van der Waals surface area contributed by atoms with Crippen molar-refractivity contribution in [1.29, 1.82) is 0 Å². The van der Waals surface area contributed by atoms with Gasteiger partial charge in [-0.1, -0.05) is 30.3 Å². The quantitative estimate of drug-likeness (QED) is 0.915. The average Bonchev–Trinajstić information content (AvgIpc) is 2.49. The number of aryl methyl sites for hydroxylation is 1. The molecule has 1 heterocycles. The molecule has 1 saturated carbocycles. The first kappa shape index (κ1) is 13.1. The van der Waals surface area contributed by atoms with Crippen LogP contribution in [0, 0.1) is 6.92 Å². The van der Waals surface area contributed by atoms with Crippen molar-refractivity contribution in [2.75, 3.05) is 5.32 Å². The fraction of sp³-hybridized carbons (Fsp3) is 0.412. The van der Waals surface area contributed by atoms with Crippen molar-refractivity contribution in [3.05, 3.63) is 53.9 Å². The lowest BCUT2D eigenvalue weighted by molar-refractivity contribution is 0.411. The Balaban J connectivity index is 1.56. The monoisotopic (exact) mass is 267 g/mol. The van der Waals surface area contributed by atoms with Gasteiger partial charge in [0.2, 0.25) is 5.95 Å². The molecule has 1 aromatic heterocycles. The van der Waals surface area contributed by atoms with Gasteiger partial charge in [-0.25, -0.2) is 9.97 Å². The third-order valence-corrected chi connectivity index (χ3v) is 4.13. The number of anilines is 1. The number of benzene rings is 1. The summed E-state index contributed by atoms with van der Waals surface area (Å²) in [6, 6.07) is 13.3. The van der Waals surface area contributed by atoms with E-state index >= 15 is 0 Å². The van der Waals surface area contributed by atoms with Gasteiger partial charge in [0.1, 0.15) is 0 Å². The van der Waals surface area contributed by atoms with Gasteiger partial charge in [0, 0.05) is 17.9 Å². The van der Waals surface area contributed by atoms with Crippen molar-refractivity contribution in [3.8, 4) is 0 Å². The normalized spacial score (nSPS) is 22.4. The van der Waals surface area contributed by atoms with Crippen LogP contribution in [0.1, 0.15) is 42.9 Å². The molecule has 0 atom stereocenters. The van der Waals surface area contributed by atoms with E-state index in [-0.39, 0.29) is 0 Å². The fourth-order valence-electron chi connectivity index (χ4n) is 3.00. The summed E-state index contributed by atoms with van der Waals surface area (Å²) in [5, 5.41) is 3.47. The van der Waals surface area contributed by atoms with Crippen LogP contribution in [-0.2, 0) is 0 Å². The van der Waals surface area contributed by atoms with Crippen molar-refractivity contribution in [3.63, 3.8) is 0 Å². The first-order valence-electron chi connectivity index (χ1n) is 7.42. The van der Waals surface area contributed by atoms with Gasteiger partial charge in [-0.3, -0.25) is 0 Å². The van der Waals surface area contributed by atoms with E-state index in [0.717, 1.165) is 11.6 Å². The molecule has 0 spiro atoms. The number of nitrogens with zero attached hydrogens (tertiary/aromatic N) is 2. The lowest BCUT2D eigenvalue weighted by Gasteiger charge is -2.29. The summed E-state index contributed by atoms with van der Waals surface area (Å²) in [6.07, 6.45) is 6.69. The predicted octanol–water partition coefficient (Wildman–Crippen LogP) is 3.92. The molecule has 0 bridgehead atoms. The first-order chi connectivity index (χ1) is 9.81. The van der Waals surface area contributed by atoms with Crippen LogP contribution in [0.4, 0.5) is 5.95 Å². The summed E-state index contributed by atoms with van der Waals surface area (Å²) in [6.45, 7) is 2.00. The summed E-state index contributed by atoms with van der Waals surface area (Å²) in [5.41, 5.74) is 2.50. The van der Waals surface area contributed by atoms with Crippen molar-refractivity contribution >= 4 is 5.95 Å². The third kappa shape index (κ3) is 3.16. The fourth-order valence-corrected chi connectivity index (χ4v) is 3.00. The average molecular weight is 267 g/mol. The number of hydrogen-bond acceptors (Lipinski definition) is 3. The molecule has 0 radical (unpaired) electrons. The zero-order valence-corrected chi connectivity index (χ0v) is 11.9. The minimum atomic E-state index is 0.511. The van der Waals surface area contributed by atoms with Gasteiger partial charge in [-0.2, -0.15) is 0 Å². The third-order valence-electron chi connectivity index (χ3n) is 4.13. The molecule has 3 heteroatoms. The summed E-state index contributed by atoms with van der Waals surface area (Å²) >= 11 is 0. The summed E-state index contributed by atoms with van der Waals surface area (Å²) in [4.78, 5) is 8.71. The molecule has 3 nitrogen and oxygen atoms in total. The lowest BCUT2D eigenvalue weighted by Crippen LogP contribution is -2.26. The molecule has 1 aromatic carbocycles. The second kappa shape index (κ2) is 6.04. The Morgan fingerprint density at radius 2 is 1.75 bits per heavy atom. The van der Waals surface area contributed by atoms with Crippen LogP contribution in [0.2, 0.25) is 0 Å². The minimum absolute atomic E-state index is 0.511. The zero-order valence-electron chi connectivity index (χ0n) is 11.9. The second-order valence-electron chi connectivity index (χ2n) is 5.63. The summed E-state index contributed by atoms with van der Waals surface area (Å²) < 4.78 is 0. The molecule has 1 N–H and O–H groups in total. The Labute approximate surface area is 120 Å². The highest BCUT2D eigenvalue weighted by atomic mass is 15.1. The van der Waals surface area contributed by atoms with E-state index in [1.165, 1.54) is 31.2 Å². The molecule has 2 aromatic rings. The number of nitrogens with one attached hydrogen (secondary N) is 1. The molecule has 0 aliphatic heterocycles. The Morgan fingerprint density at radius 3 is 2.45 bits per heavy atom. The van der Waals surface area contributed by atoms with Crippen LogP contribution >= 0.6 is 0 Å². The van der Waals surface area contributed by atoms with Gasteiger partial charge in [0.25, 0.3) is 0 Å². The largest absolute Gasteiger partial charge is 0.351 e. The maximum Gasteiger partial charge on any atom is 0.223 e. The highest BCUT2D eigenvalue weighted by Crippen LogP contribution is 2.33. The van der Waals surface area contributed by atoms with Crippen molar-refractivity contribution in [2.45, 2.75) is 44.6 Å². The summed E-state index contributed by atoms with van der Waals surface area (Å²) in [5.74, 6) is 1.49. The molecule has 104 valence electrons. The van der Waals surface area contributed by atoms with Crippen molar-refractivity contribution < 1.29 is 0 Å². The Kier molecular flexibility index (Phi) is 3.95. The Hall–Kier alpha value is -1.90. The van der Waals surface area contributed by atoms with E-state index in [1.807, 2.05) is 19.2 Å². The van der Waals surface area contributed by atoms with E-state index in [9.17, 15) is 0 Å². The molecule has 0 saturated heterocycles. The van der Waals surface area contributed by atoms with Gasteiger partial charge in [0.15, 0.2) is 0 Å². The standard InChI is InChI=1S/C17H21N3/c1-13-11-12-18-17(19-13)20-16-9-7-15(8-10-16)14-5-3-2-4-6-14/h2-6,11-12,15-16H,7-10H2,1H3,(H,18,19,20). The minimum Gasteiger partial charge on any atom is -0.351 e. The van der Waals surface area contributed by atoms with E-state index in [4.69, 9.17) is 0 Å². The Morgan fingerprint density at radius 1 is 1.00 bits per heavy atom. The zero-order chi connectivity index (χ0) is 13.8. The summed E-state index contributed by atoms with van der Waals surface area (Å²) in [7, 11) is 0. The van der Waals surface area contributed by atoms with Gasteiger partial charge in [-0.15, -0.1) is 0 Å². The van der Waals surface area contributed by atoms with Gasteiger partial charge in [-0.05, 0) is 50.2 Å². The molecule has 1 aliphatic rings. The van der Waals surface area contributed by atoms with Gasteiger partial charge in [0.05, 0.1) is 0 Å². The first-order valence-corrected chi connectivity index (χ1v) is 7.42. The number of aromatic nitrogens is 2. The van der Waals surface area contributed by atoms with Crippen LogP contribution < -0.4 is 5.32 Å². The van der Waals surface area contributed by atoms with Gasteiger partial charge >= 0.3 is 0 Å². The van der Waals surface area contributed by atoms with Crippen LogP contribution in [0.15, 0.2) is 42.6 Å². The molecular weight excluding hydrogens is 246 g/mol. The Bertz CT molecular complexity index is 545. The molecule has 20 heavy (non-hydrogen) atoms. The smallest absolute Gasteiger partial charge is 0.223 e. The molecular formula is C17H21N3. The number of rotatable bonds is 3. The molecule has 0 amide bonds. The van der Waals surface area contributed by atoms with Crippen LogP contribution in [0.3, 0.4) is 0 Å². The second-order valence-corrected chi connectivity index (χ2v) is 5.63. The maximum atomic E-state index is 4.42. The van der Waals surface area contributed by atoms with Crippen molar-refractivity contribution in [2.24, 2.45) is 0 Å². The van der Waals surface area contributed by atoms with E-state index in [0.29, 0.717) is 12.0 Å². The molecule has 0 unspecified atom stereocenters. The SMILES string of the molecule is Cc1ccnc(NC2CCC(c3ccccc3)CC2)n1. The molecule has 1 fully saturated rings. The highest BCUT2D eigenvalue weighted by molar-refractivity contribution is 5.27. The van der Waals surface area contributed by atoms with Crippen molar-refractivity contribution in [1.82, 2.24) is 9.97 Å². The predicted molar refractivity (Wildman–Crippen MR) is 81.8 cm³/mol. The van der Waals surface area contributed by atoms with Gasteiger partial charge < -0.3 is 5.32 Å². The lowest BCUT2D eigenvalue weighted by atomic mass is 9.82. The topological polar surface area (TPSA) is 37.8 Å². The van der Waals surface area contributed by atoms with Crippen LogP contribution in [0.5, 0.6) is 0 Å². The number of hydrogen-bond donors (Lipinski definition) is 1.